The van der Waals surface area contributed by atoms with Crippen molar-refractivity contribution in [2.24, 2.45) is 0 Å². The Balaban J connectivity index is 2.55. The Kier molecular flexibility index (Phi) is 3.94. The van der Waals surface area contributed by atoms with Crippen LogP contribution in [0.4, 0.5) is 4.39 Å². The van der Waals surface area contributed by atoms with Gasteiger partial charge in [0.25, 0.3) is 10.3 Å². The molecule has 0 radical (unpaired) electrons. The minimum Gasteiger partial charge on any atom is -0.251 e. The maximum Gasteiger partial charge on any atom is 0.430 e. The van der Waals surface area contributed by atoms with Crippen molar-refractivity contribution in [3.8, 4) is 0 Å². The second kappa shape index (κ2) is 4.79. The van der Waals surface area contributed by atoms with Crippen LogP contribution in [-0.2, 0) is 25.8 Å². The lowest BCUT2D eigenvalue weighted by molar-refractivity contribution is 0.450. The third kappa shape index (κ3) is 4.61. The summed E-state index contributed by atoms with van der Waals surface area (Å²) < 4.78 is 40.0. The predicted octanol–water partition coefficient (Wildman–Crippen LogP) is 1.60. The zero-order valence-corrected chi connectivity index (χ0v) is 8.85. The largest absolute Gasteiger partial charge is 0.430 e. The molecule has 78 valence electrons. The van der Waals surface area contributed by atoms with Crippen molar-refractivity contribution < 1.29 is 17.7 Å². The van der Waals surface area contributed by atoms with Gasteiger partial charge >= 0.3 is 9.05 Å². The summed E-state index contributed by atoms with van der Waals surface area (Å²) in [7, 11) is -3.13. The topological polar surface area (TPSA) is 57.5 Å². The third-order valence-corrected chi connectivity index (χ3v) is 3.64. The van der Waals surface area contributed by atoms with E-state index in [1.54, 1.807) is 12.1 Å². The zero-order chi connectivity index (χ0) is 10.6. The van der Waals surface area contributed by atoms with Crippen LogP contribution < -0.4 is 0 Å². The SMILES string of the molecule is O=S(O)(O)=[S+]CCc1ccc(F)cc1. The second-order valence-corrected chi connectivity index (χ2v) is 6.20. The molecule has 0 aliphatic carbocycles. The van der Waals surface area contributed by atoms with Gasteiger partial charge in [0.15, 0.2) is 5.75 Å². The highest BCUT2D eigenvalue weighted by atomic mass is 32.9. The highest BCUT2D eigenvalue weighted by Gasteiger charge is 2.09. The smallest absolute Gasteiger partial charge is 0.251 e. The van der Waals surface area contributed by atoms with Gasteiger partial charge in [-0.1, -0.05) is 12.1 Å². The fourth-order valence-electron chi connectivity index (χ4n) is 0.919. The van der Waals surface area contributed by atoms with Gasteiger partial charge in [-0.25, -0.2) is 4.39 Å². The molecular formula is C8H10FO3S2+. The van der Waals surface area contributed by atoms with Gasteiger partial charge in [0.1, 0.15) is 5.82 Å². The molecule has 0 bridgehead atoms. The van der Waals surface area contributed by atoms with Gasteiger partial charge in [-0.05, 0) is 17.7 Å². The third-order valence-electron chi connectivity index (χ3n) is 1.54. The van der Waals surface area contributed by atoms with E-state index in [9.17, 15) is 8.60 Å². The van der Waals surface area contributed by atoms with Gasteiger partial charge in [0.05, 0.1) is 0 Å². The van der Waals surface area contributed by atoms with Crippen LogP contribution in [0.5, 0.6) is 0 Å². The van der Waals surface area contributed by atoms with Crippen LogP contribution >= 0.6 is 0 Å². The van der Waals surface area contributed by atoms with Crippen LogP contribution in [0, 0.1) is 5.82 Å². The first-order chi connectivity index (χ1) is 6.47. The van der Waals surface area contributed by atoms with E-state index in [1.165, 1.54) is 12.1 Å². The van der Waals surface area contributed by atoms with Crippen LogP contribution in [0.2, 0.25) is 0 Å². The lowest BCUT2D eigenvalue weighted by atomic mass is 10.2. The van der Waals surface area contributed by atoms with Gasteiger partial charge in [0.2, 0.25) is 0 Å². The lowest BCUT2D eigenvalue weighted by Gasteiger charge is -1.93. The van der Waals surface area contributed by atoms with E-state index in [2.05, 4.69) is 0 Å². The van der Waals surface area contributed by atoms with E-state index in [0.717, 1.165) is 5.56 Å². The van der Waals surface area contributed by atoms with Crippen molar-refractivity contribution >= 4 is 19.4 Å². The van der Waals surface area contributed by atoms with Gasteiger partial charge in [0, 0.05) is 6.42 Å². The fourth-order valence-corrected chi connectivity index (χ4v) is 2.36. The Hall–Kier alpha value is -0.560. The maximum absolute atomic E-state index is 12.5. The molecular weight excluding hydrogens is 227 g/mol. The van der Waals surface area contributed by atoms with Gasteiger partial charge < -0.3 is 0 Å². The Morgan fingerprint density at radius 2 is 1.86 bits per heavy atom. The lowest BCUT2D eigenvalue weighted by Crippen LogP contribution is -2.00. The molecule has 0 unspecified atom stereocenters. The van der Waals surface area contributed by atoms with Crippen molar-refractivity contribution in [2.45, 2.75) is 6.42 Å². The molecule has 1 aromatic carbocycles. The molecule has 6 heteroatoms. The van der Waals surface area contributed by atoms with Crippen LogP contribution in [0.15, 0.2) is 24.3 Å². The Morgan fingerprint density at radius 1 is 1.29 bits per heavy atom. The number of rotatable bonds is 3. The Labute approximate surface area is 85.3 Å². The van der Waals surface area contributed by atoms with Crippen molar-refractivity contribution in [1.82, 2.24) is 0 Å². The van der Waals surface area contributed by atoms with E-state index in [0.29, 0.717) is 22.5 Å². The number of halogens is 1. The molecule has 14 heavy (non-hydrogen) atoms. The van der Waals surface area contributed by atoms with Crippen molar-refractivity contribution in [1.29, 1.82) is 0 Å². The summed E-state index contributed by atoms with van der Waals surface area (Å²) in [5, 5.41) is 0. The average Bonchev–Trinajstić information content (AvgIpc) is 2.06. The van der Waals surface area contributed by atoms with E-state index < -0.39 is 9.05 Å². The Morgan fingerprint density at radius 3 is 2.36 bits per heavy atom. The molecule has 2 N–H and O–H groups in total. The standard InChI is InChI=1S/C8H9FO3S2/c9-8-3-1-7(2-4-8)5-6-13-14(10,11)12/h1-4H,5-6H2,(H-,10,11,12)/p+1. The molecule has 3 nitrogen and oxygen atoms in total. The van der Waals surface area contributed by atoms with Crippen LogP contribution in [-0.4, -0.2) is 19.1 Å². The van der Waals surface area contributed by atoms with Crippen LogP contribution in [0.25, 0.3) is 0 Å². The molecule has 0 aliphatic heterocycles. The molecule has 0 heterocycles. The normalized spacial score (nSPS) is 11.4. The monoisotopic (exact) mass is 237 g/mol. The summed E-state index contributed by atoms with van der Waals surface area (Å²) in [5.74, 6) is 0.00630. The van der Waals surface area contributed by atoms with E-state index in [-0.39, 0.29) is 5.82 Å². The number of hydrogen-bond donors (Lipinski definition) is 2. The molecule has 0 amide bonds. The molecule has 0 spiro atoms. The predicted molar refractivity (Wildman–Crippen MR) is 55.7 cm³/mol. The van der Waals surface area contributed by atoms with E-state index in [4.69, 9.17) is 9.11 Å². The van der Waals surface area contributed by atoms with Gasteiger partial charge in [-0.3, -0.25) is 9.11 Å². The maximum atomic E-state index is 12.5. The highest BCUT2D eigenvalue weighted by Crippen LogP contribution is 2.03. The summed E-state index contributed by atoms with van der Waals surface area (Å²) in [6.45, 7) is 0. The summed E-state index contributed by atoms with van der Waals surface area (Å²) in [5.41, 5.74) is 0.863. The minimum absolute atomic E-state index is 0.311. The number of benzene rings is 1. The average molecular weight is 237 g/mol. The first-order valence-corrected chi connectivity index (χ1v) is 6.83. The first kappa shape index (κ1) is 11.5. The minimum atomic E-state index is -3.71. The molecule has 0 fully saturated rings. The summed E-state index contributed by atoms with van der Waals surface area (Å²) in [6, 6.07) is 5.86. The first-order valence-electron chi connectivity index (χ1n) is 3.85. The summed E-state index contributed by atoms with van der Waals surface area (Å²) >= 11 is 0. The van der Waals surface area contributed by atoms with E-state index >= 15 is 0 Å². The highest BCUT2D eigenvalue weighted by molar-refractivity contribution is 8.34. The van der Waals surface area contributed by atoms with Crippen molar-refractivity contribution in [3.05, 3.63) is 35.6 Å². The quantitative estimate of drug-likeness (QED) is 0.785. The number of aryl methyl sites for hydroxylation is 1. The Bertz CT molecular complexity index is 399. The van der Waals surface area contributed by atoms with E-state index in [1.807, 2.05) is 0 Å². The molecule has 1 rings (SSSR count). The molecule has 0 atom stereocenters. The van der Waals surface area contributed by atoms with Crippen molar-refractivity contribution in [2.75, 3.05) is 5.75 Å². The van der Waals surface area contributed by atoms with Crippen LogP contribution in [0.3, 0.4) is 0 Å². The molecule has 0 aromatic heterocycles. The molecule has 0 saturated heterocycles. The molecule has 0 saturated carbocycles. The number of hydrogen-bond acceptors (Lipinski definition) is 1. The summed E-state index contributed by atoms with van der Waals surface area (Å²) in [6.07, 6.45) is 0.517. The van der Waals surface area contributed by atoms with Crippen LogP contribution in [0.1, 0.15) is 5.56 Å². The molecule has 0 aliphatic rings. The zero-order valence-electron chi connectivity index (χ0n) is 7.22. The second-order valence-electron chi connectivity index (χ2n) is 2.65. The fraction of sp³-hybridized carbons (Fsp3) is 0.250. The van der Waals surface area contributed by atoms with Gasteiger partial charge in [-0.15, -0.1) is 0 Å². The van der Waals surface area contributed by atoms with Gasteiger partial charge in [-0.2, -0.15) is 4.21 Å². The molecule has 1 aromatic rings. The van der Waals surface area contributed by atoms with Crippen molar-refractivity contribution in [3.63, 3.8) is 0 Å². The summed E-state index contributed by atoms with van der Waals surface area (Å²) in [4.78, 5) is 0.